The van der Waals surface area contributed by atoms with Gasteiger partial charge in [0.05, 0.1) is 37.0 Å². The highest BCUT2D eigenvalue weighted by atomic mass is 35.5. The van der Waals surface area contributed by atoms with Gasteiger partial charge in [0.25, 0.3) is 11.6 Å². The molecule has 1 amide bonds. The molecule has 0 atom stereocenters. The lowest BCUT2D eigenvalue weighted by atomic mass is 10.2. The molecular formula is C25H24ClN3O7. The first-order chi connectivity index (χ1) is 17.4. The molecule has 0 heterocycles. The molecule has 0 aliphatic heterocycles. The van der Waals surface area contributed by atoms with E-state index in [1.54, 1.807) is 42.5 Å². The van der Waals surface area contributed by atoms with Crippen LogP contribution in [0.25, 0.3) is 0 Å². The van der Waals surface area contributed by atoms with E-state index < -0.39 is 10.8 Å². The molecule has 0 saturated heterocycles. The fourth-order valence-corrected chi connectivity index (χ4v) is 3.42. The second-order valence-electron chi connectivity index (χ2n) is 7.24. The second kappa shape index (κ2) is 12.4. The first-order valence-electron chi connectivity index (χ1n) is 10.7. The molecule has 3 aromatic carbocycles. The molecule has 0 aromatic heterocycles. The maximum Gasteiger partial charge on any atom is 0.271 e. The van der Waals surface area contributed by atoms with Crippen LogP contribution in [0.15, 0.2) is 59.7 Å². The monoisotopic (exact) mass is 513 g/mol. The fraction of sp³-hybridized carbons (Fsp3) is 0.200. The fourth-order valence-electron chi connectivity index (χ4n) is 3.14. The Morgan fingerprint density at radius 3 is 2.39 bits per heavy atom. The number of nitro benzene ring substituents is 1. The molecule has 0 aliphatic rings. The Hall–Kier alpha value is -4.31. The molecule has 11 heteroatoms. The van der Waals surface area contributed by atoms with Gasteiger partial charge in [-0.25, -0.2) is 5.43 Å². The van der Waals surface area contributed by atoms with E-state index in [0.29, 0.717) is 40.7 Å². The number of methoxy groups -OCH3 is 2. The number of non-ortho nitro benzene ring substituents is 1. The van der Waals surface area contributed by atoms with E-state index in [1.807, 2.05) is 6.92 Å². The van der Waals surface area contributed by atoms with Gasteiger partial charge < -0.3 is 18.9 Å². The van der Waals surface area contributed by atoms with Crippen LogP contribution in [0.2, 0.25) is 5.02 Å². The van der Waals surface area contributed by atoms with Crippen molar-refractivity contribution >= 4 is 29.4 Å². The van der Waals surface area contributed by atoms with Gasteiger partial charge in [0.15, 0.2) is 23.0 Å². The van der Waals surface area contributed by atoms with E-state index in [2.05, 4.69) is 10.5 Å². The number of ether oxygens (including phenoxy) is 4. The van der Waals surface area contributed by atoms with Gasteiger partial charge in [0.2, 0.25) is 0 Å². The third-order valence-corrected chi connectivity index (χ3v) is 5.17. The van der Waals surface area contributed by atoms with Gasteiger partial charge in [0.1, 0.15) is 6.61 Å². The summed E-state index contributed by atoms with van der Waals surface area (Å²) in [6, 6.07) is 14.1. The smallest absolute Gasteiger partial charge is 0.271 e. The van der Waals surface area contributed by atoms with Crippen molar-refractivity contribution in [2.75, 3.05) is 20.8 Å². The molecule has 3 rings (SSSR count). The number of nitrogens with zero attached hydrogens (tertiary/aromatic N) is 2. The van der Waals surface area contributed by atoms with Crippen molar-refractivity contribution in [1.29, 1.82) is 0 Å². The molecule has 1 N–H and O–H groups in total. The van der Waals surface area contributed by atoms with E-state index in [1.165, 1.54) is 32.6 Å². The van der Waals surface area contributed by atoms with Crippen molar-refractivity contribution < 1.29 is 28.7 Å². The zero-order valence-corrected chi connectivity index (χ0v) is 20.6. The predicted octanol–water partition coefficient (Wildman–Crippen LogP) is 5.01. The Balaban J connectivity index is 1.71. The average Bonchev–Trinajstić information content (AvgIpc) is 2.88. The average molecular weight is 514 g/mol. The van der Waals surface area contributed by atoms with Gasteiger partial charge in [-0.3, -0.25) is 14.9 Å². The molecular weight excluding hydrogens is 490 g/mol. The number of hydrogen-bond donors (Lipinski definition) is 1. The van der Waals surface area contributed by atoms with Crippen LogP contribution in [0, 0.1) is 10.1 Å². The van der Waals surface area contributed by atoms with Gasteiger partial charge in [-0.05, 0) is 60.5 Å². The van der Waals surface area contributed by atoms with Crippen molar-refractivity contribution in [3.63, 3.8) is 0 Å². The first kappa shape index (κ1) is 26.3. The maximum absolute atomic E-state index is 12.4. The summed E-state index contributed by atoms with van der Waals surface area (Å²) in [6.07, 6.45) is 1.42. The summed E-state index contributed by atoms with van der Waals surface area (Å²) in [5.74, 6) is 1.20. The molecule has 0 fully saturated rings. The first-order valence-corrected chi connectivity index (χ1v) is 11.1. The second-order valence-corrected chi connectivity index (χ2v) is 7.65. The number of carbonyl (C=O) groups excluding carboxylic acids is 1. The number of amides is 1. The summed E-state index contributed by atoms with van der Waals surface area (Å²) in [4.78, 5) is 22.8. The Bertz CT molecular complexity index is 1260. The molecule has 0 bridgehead atoms. The quantitative estimate of drug-likeness (QED) is 0.217. The minimum absolute atomic E-state index is 0.00588. The number of benzene rings is 3. The van der Waals surface area contributed by atoms with Crippen LogP contribution in [0.4, 0.5) is 5.69 Å². The predicted molar refractivity (Wildman–Crippen MR) is 135 cm³/mol. The molecule has 0 radical (unpaired) electrons. The summed E-state index contributed by atoms with van der Waals surface area (Å²) in [5, 5.41) is 15.1. The lowest BCUT2D eigenvalue weighted by Gasteiger charge is -2.14. The summed E-state index contributed by atoms with van der Waals surface area (Å²) in [5.41, 5.74) is 4.08. The summed E-state index contributed by atoms with van der Waals surface area (Å²) in [7, 11) is 2.99. The van der Waals surface area contributed by atoms with Crippen molar-refractivity contribution in [2.45, 2.75) is 13.5 Å². The van der Waals surface area contributed by atoms with Crippen LogP contribution in [-0.2, 0) is 6.61 Å². The van der Waals surface area contributed by atoms with E-state index in [9.17, 15) is 14.9 Å². The minimum Gasteiger partial charge on any atom is -0.493 e. The number of nitrogens with one attached hydrogen (secondary N) is 1. The third-order valence-electron chi connectivity index (χ3n) is 4.89. The SMILES string of the molecule is CCOc1cc(/C=N/NC(=O)c2ccc(OC)c(OC)c2)cc(Cl)c1OCc1ccc([N+](=O)[O-])cc1. The standard InChI is InChI=1S/C25H24ClN3O7/c1-4-35-23-12-17(14-27-28-25(30)18-7-10-21(33-2)22(13-18)34-3)11-20(26)24(23)36-15-16-5-8-19(9-6-16)29(31)32/h5-14H,4,15H2,1-3H3,(H,28,30)/b27-14+. The Morgan fingerprint density at radius 2 is 1.75 bits per heavy atom. The van der Waals surface area contributed by atoms with E-state index >= 15 is 0 Å². The molecule has 0 saturated carbocycles. The van der Waals surface area contributed by atoms with Crippen molar-refractivity contribution in [3.05, 3.63) is 86.4 Å². The number of hydrogen-bond acceptors (Lipinski definition) is 8. The molecule has 36 heavy (non-hydrogen) atoms. The Morgan fingerprint density at radius 1 is 1.03 bits per heavy atom. The molecule has 3 aromatic rings. The van der Waals surface area contributed by atoms with Crippen molar-refractivity contribution in [1.82, 2.24) is 5.43 Å². The summed E-state index contributed by atoms with van der Waals surface area (Å²) in [6.45, 7) is 2.31. The Kier molecular flexibility index (Phi) is 9.07. The normalized spacial score (nSPS) is 10.7. The van der Waals surface area contributed by atoms with Crippen LogP contribution in [-0.4, -0.2) is 37.9 Å². The van der Waals surface area contributed by atoms with Gasteiger partial charge in [-0.2, -0.15) is 5.10 Å². The molecule has 0 unspecified atom stereocenters. The van der Waals surface area contributed by atoms with Gasteiger partial charge in [-0.1, -0.05) is 11.6 Å². The zero-order valence-electron chi connectivity index (χ0n) is 19.8. The molecule has 10 nitrogen and oxygen atoms in total. The minimum atomic E-state index is -0.467. The van der Waals surface area contributed by atoms with E-state index in [0.717, 1.165) is 5.56 Å². The number of nitro groups is 1. The molecule has 0 aliphatic carbocycles. The van der Waals surface area contributed by atoms with Crippen molar-refractivity contribution in [2.24, 2.45) is 5.10 Å². The van der Waals surface area contributed by atoms with E-state index in [4.69, 9.17) is 30.5 Å². The number of rotatable bonds is 11. The van der Waals surface area contributed by atoms with E-state index in [-0.39, 0.29) is 17.3 Å². The number of carbonyl (C=O) groups is 1. The summed E-state index contributed by atoms with van der Waals surface area (Å²) >= 11 is 6.43. The van der Waals surface area contributed by atoms with Crippen LogP contribution < -0.4 is 24.4 Å². The summed E-state index contributed by atoms with van der Waals surface area (Å²) < 4.78 is 21.9. The highest BCUT2D eigenvalue weighted by Crippen LogP contribution is 2.37. The Labute approximate surface area is 212 Å². The van der Waals surface area contributed by atoms with Crippen LogP contribution in [0.1, 0.15) is 28.4 Å². The van der Waals surface area contributed by atoms with Gasteiger partial charge in [0, 0.05) is 17.7 Å². The lowest BCUT2D eigenvalue weighted by Crippen LogP contribution is -2.17. The zero-order chi connectivity index (χ0) is 26.1. The van der Waals surface area contributed by atoms with Gasteiger partial charge in [-0.15, -0.1) is 0 Å². The van der Waals surface area contributed by atoms with Crippen molar-refractivity contribution in [3.8, 4) is 23.0 Å². The highest BCUT2D eigenvalue weighted by molar-refractivity contribution is 6.32. The van der Waals surface area contributed by atoms with Crippen LogP contribution in [0.5, 0.6) is 23.0 Å². The molecule has 188 valence electrons. The topological polar surface area (TPSA) is 122 Å². The number of hydrazone groups is 1. The lowest BCUT2D eigenvalue weighted by molar-refractivity contribution is -0.384. The third kappa shape index (κ3) is 6.63. The number of halogens is 1. The highest BCUT2D eigenvalue weighted by Gasteiger charge is 2.14. The van der Waals surface area contributed by atoms with Crippen LogP contribution in [0.3, 0.4) is 0 Å². The van der Waals surface area contributed by atoms with Crippen LogP contribution >= 0.6 is 11.6 Å². The maximum atomic E-state index is 12.4. The largest absolute Gasteiger partial charge is 0.493 e. The van der Waals surface area contributed by atoms with Gasteiger partial charge >= 0.3 is 0 Å². The molecule has 0 spiro atoms.